The SMILES string of the molecule is [Li+].c1cc2ccc[c-]3cccc3c-2c1. The van der Waals surface area contributed by atoms with Gasteiger partial charge in [-0.05, 0) is 0 Å². The van der Waals surface area contributed by atoms with Gasteiger partial charge in [-0.25, -0.2) is 0 Å². The van der Waals surface area contributed by atoms with E-state index in [0.29, 0.717) is 0 Å². The van der Waals surface area contributed by atoms with Crippen LogP contribution in [0.4, 0.5) is 0 Å². The molecule has 0 atom stereocenters. The molecule has 0 fully saturated rings. The van der Waals surface area contributed by atoms with Crippen molar-refractivity contribution in [2.75, 3.05) is 0 Å². The molecule has 0 aliphatic heterocycles. The first-order valence-electron chi connectivity index (χ1n) is 4.48. The van der Waals surface area contributed by atoms with Gasteiger partial charge in [0.25, 0.3) is 0 Å². The van der Waals surface area contributed by atoms with Gasteiger partial charge in [-0.15, -0.1) is 23.6 Å². The van der Waals surface area contributed by atoms with Gasteiger partial charge in [-0.1, -0.05) is 40.8 Å². The second-order valence-corrected chi connectivity index (χ2v) is 3.32. The second kappa shape index (κ2) is 3.57. The molecule has 0 amide bonds. The average molecular weight is 172 g/mol. The summed E-state index contributed by atoms with van der Waals surface area (Å²) in [6.45, 7) is 0. The van der Waals surface area contributed by atoms with Gasteiger partial charge < -0.3 is 0 Å². The van der Waals surface area contributed by atoms with Gasteiger partial charge in [-0.3, -0.25) is 0 Å². The van der Waals surface area contributed by atoms with Crippen LogP contribution in [-0.4, -0.2) is 0 Å². The Morgan fingerprint density at radius 3 is 2.36 bits per heavy atom. The normalized spacial score (nSPS) is 10.3. The van der Waals surface area contributed by atoms with Crippen molar-refractivity contribution in [3.63, 3.8) is 0 Å². The topological polar surface area (TPSA) is 0 Å². The van der Waals surface area contributed by atoms with Gasteiger partial charge >= 0.3 is 18.9 Å². The van der Waals surface area contributed by atoms with Crippen LogP contribution in [0.3, 0.4) is 0 Å². The fraction of sp³-hybridized carbons (Fsp3) is 0. The van der Waals surface area contributed by atoms with Crippen LogP contribution >= 0.6 is 0 Å². The monoisotopic (exact) mass is 172 g/mol. The van der Waals surface area contributed by atoms with Crippen molar-refractivity contribution in [1.82, 2.24) is 0 Å². The zero-order valence-corrected chi connectivity index (χ0v) is 8.20. The molecule has 62 valence electrons. The fourth-order valence-electron chi connectivity index (χ4n) is 1.90. The minimum atomic E-state index is 0. The van der Waals surface area contributed by atoms with E-state index in [0.717, 1.165) is 0 Å². The van der Waals surface area contributed by atoms with Crippen LogP contribution in [0.25, 0.3) is 21.9 Å². The van der Waals surface area contributed by atoms with Gasteiger partial charge in [0.1, 0.15) is 0 Å². The summed E-state index contributed by atoms with van der Waals surface area (Å²) in [5.74, 6) is 0. The minimum Gasteiger partial charge on any atom is -0.152 e. The maximum Gasteiger partial charge on any atom is 1.00 e. The first kappa shape index (κ1) is 9.46. The molecule has 0 saturated carbocycles. The quantitative estimate of drug-likeness (QED) is 0.345. The summed E-state index contributed by atoms with van der Waals surface area (Å²) in [6, 6.07) is 19.3. The van der Waals surface area contributed by atoms with E-state index < -0.39 is 0 Å². The molecule has 0 bridgehead atoms. The van der Waals surface area contributed by atoms with Gasteiger partial charge in [0, 0.05) is 0 Å². The first-order chi connectivity index (χ1) is 6.45. The Labute approximate surface area is 95.4 Å². The van der Waals surface area contributed by atoms with Gasteiger partial charge in [-0.2, -0.15) is 12.1 Å². The molecule has 0 nitrogen and oxygen atoms in total. The predicted octanol–water partition coefficient (Wildman–Crippen LogP) is 0.668. The Kier molecular flexibility index (Phi) is 2.42. The molecule has 0 heterocycles. The fourth-order valence-corrected chi connectivity index (χ4v) is 1.90. The summed E-state index contributed by atoms with van der Waals surface area (Å²) >= 11 is 0. The van der Waals surface area contributed by atoms with Crippen molar-refractivity contribution in [3.05, 3.63) is 54.6 Å². The summed E-state index contributed by atoms with van der Waals surface area (Å²) < 4.78 is 0. The molecule has 14 heavy (non-hydrogen) atoms. The molecule has 0 unspecified atom stereocenters. The largest absolute Gasteiger partial charge is 1.00 e. The van der Waals surface area contributed by atoms with E-state index in [9.17, 15) is 0 Å². The number of hydrogen-bond donors (Lipinski definition) is 0. The van der Waals surface area contributed by atoms with Crippen LogP contribution in [0.5, 0.6) is 0 Å². The standard InChI is InChI=1S/C13H9.Li/c1-4-10-6-2-8-12(10)13-9-3-7-11(13)5-1;/h1-9H;/q-1;+1. The van der Waals surface area contributed by atoms with E-state index >= 15 is 0 Å². The minimum absolute atomic E-state index is 0. The third kappa shape index (κ3) is 1.28. The molecule has 2 aliphatic carbocycles. The average Bonchev–Trinajstić information content (AvgIpc) is 2.72. The molecule has 1 aromatic rings. The van der Waals surface area contributed by atoms with Crippen LogP contribution in [-0.2, 0) is 0 Å². The van der Waals surface area contributed by atoms with Crippen molar-refractivity contribution in [2.24, 2.45) is 0 Å². The maximum absolute atomic E-state index is 2.18. The van der Waals surface area contributed by atoms with Crippen molar-refractivity contribution >= 4 is 10.8 Å². The summed E-state index contributed by atoms with van der Waals surface area (Å²) in [5, 5.41) is 2.67. The van der Waals surface area contributed by atoms with Crippen molar-refractivity contribution in [3.8, 4) is 11.1 Å². The smallest absolute Gasteiger partial charge is 0.152 e. The Bertz CT molecular complexity index is 522. The van der Waals surface area contributed by atoms with Crippen LogP contribution in [0.1, 0.15) is 0 Å². The van der Waals surface area contributed by atoms with E-state index in [1.165, 1.54) is 21.9 Å². The molecule has 0 aromatic heterocycles. The van der Waals surface area contributed by atoms with E-state index in [1.807, 2.05) is 0 Å². The van der Waals surface area contributed by atoms with Crippen molar-refractivity contribution in [1.29, 1.82) is 0 Å². The van der Waals surface area contributed by atoms with Crippen LogP contribution in [0.2, 0.25) is 0 Å². The van der Waals surface area contributed by atoms with Gasteiger partial charge in [0.05, 0.1) is 0 Å². The zero-order valence-electron chi connectivity index (χ0n) is 8.20. The van der Waals surface area contributed by atoms with E-state index in [1.54, 1.807) is 0 Å². The Morgan fingerprint density at radius 1 is 0.786 bits per heavy atom. The molecular formula is C13H9Li. The van der Waals surface area contributed by atoms with Crippen LogP contribution in [0.15, 0.2) is 54.6 Å². The molecule has 0 radical (unpaired) electrons. The molecule has 2 aliphatic rings. The summed E-state index contributed by atoms with van der Waals surface area (Å²) in [7, 11) is 0. The molecule has 0 N–H and O–H groups in total. The summed E-state index contributed by atoms with van der Waals surface area (Å²) in [6.07, 6.45) is 0. The van der Waals surface area contributed by atoms with E-state index in [4.69, 9.17) is 0 Å². The third-order valence-electron chi connectivity index (χ3n) is 2.54. The predicted molar refractivity (Wildman–Crippen MR) is 56.2 cm³/mol. The van der Waals surface area contributed by atoms with Gasteiger partial charge in [0.15, 0.2) is 0 Å². The summed E-state index contributed by atoms with van der Waals surface area (Å²) in [4.78, 5) is 0. The van der Waals surface area contributed by atoms with E-state index in [-0.39, 0.29) is 18.9 Å². The molecule has 0 saturated heterocycles. The third-order valence-corrected chi connectivity index (χ3v) is 2.54. The van der Waals surface area contributed by atoms with Crippen molar-refractivity contribution in [2.45, 2.75) is 0 Å². The molecule has 3 rings (SSSR count). The number of hydrogen-bond acceptors (Lipinski definition) is 0. The van der Waals surface area contributed by atoms with Crippen LogP contribution < -0.4 is 18.9 Å². The van der Waals surface area contributed by atoms with E-state index in [2.05, 4.69) is 54.6 Å². The van der Waals surface area contributed by atoms with Gasteiger partial charge in [0.2, 0.25) is 0 Å². The van der Waals surface area contributed by atoms with Crippen molar-refractivity contribution < 1.29 is 18.9 Å². The number of rotatable bonds is 0. The number of fused-ring (bicyclic) bond motifs is 3. The Balaban J connectivity index is 0.000000750. The first-order valence-corrected chi connectivity index (χ1v) is 4.48. The second-order valence-electron chi connectivity index (χ2n) is 3.32. The Hall–Kier alpha value is -1.09. The maximum atomic E-state index is 2.18. The molecular weight excluding hydrogens is 163 g/mol. The summed E-state index contributed by atoms with van der Waals surface area (Å²) in [5.41, 5.74) is 2.67. The van der Waals surface area contributed by atoms with Crippen LogP contribution in [0, 0.1) is 0 Å². The molecule has 1 heteroatoms. The molecule has 0 spiro atoms. The zero-order chi connectivity index (χ0) is 8.67. The molecule has 1 aromatic carbocycles. The Morgan fingerprint density at radius 2 is 1.50 bits per heavy atom.